The minimum absolute atomic E-state index is 0.0343. The first-order valence-corrected chi connectivity index (χ1v) is 17.4. The Hall–Kier alpha value is -5.90. The largest absolute Gasteiger partial charge is 0.324 e. The van der Waals surface area contributed by atoms with Crippen molar-refractivity contribution in [2.75, 3.05) is 0 Å². The molecule has 9 rings (SSSR count). The zero-order valence-electron chi connectivity index (χ0n) is 28.3. The smallest absolute Gasteiger partial charge is 0.0892 e. The van der Waals surface area contributed by atoms with Gasteiger partial charge in [-0.05, 0) is 123 Å². The highest BCUT2D eigenvalue weighted by Gasteiger charge is 2.51. The van der Waals surface area contributed by atoms with E-state index in [-0.39, 0.29) is 6.04 Å². The molecule has 0 amide bonds. The second-order valence-corrected chi connectivity index (χ2v) is 13.6. The molecule has 240 valence electrons. The van der Waals surface area contributed by atoms with Gasteiger partial charge in [0.2, 0.25) is 0 Å². The van der Waals surface area contributed by atoms with Crippen molar-refractivity contribution in [2.45, 2.75) is 31.7 Å². The fourth-order valence-corrected chi connectivity index (χ4v) is 8.18. The molecule has 0 bridgehead atoms. The summed E-state index contributed by atoms with van der Waals surface area (Å²) in [6, 6.07) is 42.4. The third-order valence-corrected chi connectivity index (χ3v) is 10.5. The molecule has 1 atom stereocenters. The van der Waals surface area contributed by atoms with Crippen molar-refractivity contribution >= 4 is 5.57 Å². The number of pyridine rings is 2. The van der Waals surface area contributed by atoms with Gasteiger partial charge in [-0.3, -0.25) is 9.97 Å². The van der Waals surface area contributed by atoms with Gasteiger partial charge in [-0.2, -0.15) is 0 Å². The minimum Gasteiger partial charge on any atom is -0.324 e. The van der Waals surface area contributed by atoms with Gasteiger partial charge in [0.25, 0.3) is 0 Å². The fourth-order valence-electron chi connectivity index (χ4n) is 8.18. The molecule has 3 aliphatic rings. The Kier molecular flexibility index (Phi) is 7.19. The third-order valence-electron chi connectivity index (χ3n) is 10.5. The molecule has 0 aliphatic heterocycles. The monoisotopic (exact) mass is 643 g/mol. The van der Waals surface area contributed by atoms with Gasteiger partial charge in [0.15, 0.2) is 0 Å². The standard InChI is InChI=1S/C47H37N3/c1-30-9-7-11-36(48)22-19-32(18-17-30)33-20-23-39-40-24-21-34(35-25-26-49-46(29-35)45-16-8-10-31(2)50-45)28-44(40)47(43(39)27-33)41-14-5-3-12-37(41)38-13-4-6-15-42(38)47/h3-21,23-29,36H,22,48H2,1-2H3/b11-7-,18-17?,30-9?,32-19+. The van der Waals surface area contributed by atoms with E-state index >= 15 is 0 Å². The summed E-state index contributed by atoms with van der Waals surface area (Å²) in [6.07, 6.45) is 15.7. The molecule has 0 radical (unpaired) electrons. The lowest BCUT2D eigenvalue weighted by atomic mass is 9.70. The Morgan fingerprint density at radius 2 is 1.28 bits per heavy atom. The number of rotatable bonds is 3. The molecule has 50 heavy (non-hydrogen) atoms. The van der Waals surface area contributed by atoms with Gasteiger partial charge in [-0.25, -0.2) is 0 Å². The molecule has 2 aromatic heterocycles. The molecule has 2 N–H and O–H groups in total. The summed E-state index contributed by atoms with van der Waals surface area (Å²) < 4.78 is 0. The number of hydrogen-bond acceptors (Lipinski definition) is 3. The first kappa shape index (κ1) is 30.2. The maximum atomic E-state index is 6.48. The van der Waals surface area contributed by atoms with E-state index < -0.39 is 5.41 Å². The molecule has 1 unspecified atom stereocenters. The molecular weight excluding hydrogens is 607 g/mol. The summed E-state index contributed by atoms with van der Waals surface area (Å²) in [6.45, 7) is 4.15. The van der Waals surface area contributed by atoms with Crippen LogP contribution in [0.15, 0.2) is 163 Å². The Morgan fingerprint density at radius 3 is 2.02 bits per heavy atom. The van der Waals surface area contributed by atoms with Crippen LogP contribution in [-0.4, -0.2) is 16.0 Å². The van der Waals surface area contributed by atoms with E-state index in [1.807, 2.05) is 31.3 Å². The Morgan fingerprint density at radius 1 is 0.620 bits per heavy atom. The molecule has 0 saturated carbocycles. The van der Waals surface area contributed by atoms with E-state index in [0.29, 0.717) is 0 Å². The van der Waals surface area contributed by atoms with Crippen LogP contribution in [0.4, 0.5) is 0 Å². The topological polar surface area (TPSA) is 51.8 Å². The van der Waals surface area contributed by atoms with Gasteiger partial charge in [0.05, 0.1) is 16.8 Å². The van der Waals surface area contributed by atoms with Crippen LogP contribution in [0.5, 0.6) is 0 Å². The number of aromatic nitrogens is 2. The molecule has 3 heteroatoms. The highest BCUT2D eigenvalue weighted by molar-refractivity contribution is 5.97. The van der Waals surface area contributed by atoms with Crippen LogP contribution in [0.25, 0.3) is 50.3 Å². The van der Waals surface area contributed by atoms with Crippen LogP contribution in [0, 0.1) is 6.92 Å². The predicted molar refractivity (Wildman–Crippen MR) is 207 cm³/mol. The second-order valence-electron chi connectivity index (χ2n) is 13.6. The van der Waals surface area contributed by atoms with Crippen LogP contribution in [0.1, 0.15) is 46.9 Å². The van der Waals surface area contributed by atoms with Crippen LogP contribution in [-0.2, 0) is 5.41 Å². The van der Waals surface area contributed by atoms with Crippen LogP contribution >= 0.6 is 0 Å². The quantitative estimate of drug-likeness (QED) is 0.208. The number of hydrogen-bond donors (Lipinski definition) is 1. The number of nitrogens with two attached hydrogens (primary N) is 1. The predicted octanol–water partition coefficient (Wildman–Crippen LogP) is 10.6. The van der Waals surface area contributed by atoms with E-state index in [1.54, 1.807) is 0 Å². The first-order valence-electron chi connectivity index (χ1n) is 17.4. The first-order chi connectivity index (χ1) is 24.5. The molecule has 0 fully saturated rings. The molecule has 1 spiro atoms. The van der Waals surface area contributed by atoms with E-state index in [1.165, 1.54) is 61.2 Å². The number of allylic oxidation sites excluding steroid dienone is 6. The van der Waals surface area contributed by atoms with Crippen molar-refractivity contribution in [3.8, 4) is 44.8 Å². The Bertz CT molecular complexity index is 2410. The highest BCUT2D eigenvalue weighted by atomic mass is 14.8. The lowest BCUT2D eigenvalue weighted by Crippen LogP contribution is -2.26. The van der Waals surface area contributed by atoms with Crippen molar-refractivity contribution in [2.24, 2.45) is 5.73 Å². The summed E-state index contributed by atoms with van der Waals surface area (Å²) in [7, 11) is 0. The zero-order chi connectivity index (χ0) is 33.8. The van der Waals surface area contributed by atoms with Gasteiger partial charge < -0.3 is 5.73 Å². The van der Waals surface area contributed by atoms with Gasteiger partial charge in [0, 0.05) is 17.9 Å². The number of nitrogens with zero attached hydrogens (tertiary/aromatic N) is 2. The average molecular weight is 644 g/mol. The Balaban J connectivity index is 1.27. The SMILES string of the molecule is CC1=C/C=C\C(N)C/C=C(/c2ccc3c(c2)C2(c4ccccc4-c4ccccc42)c2cc(-c4ccnc(-c5cccc(C)n5)c4)ccc2-3)C=C1. The zero-order valence-corrected chi connectivity index (χ0v) is 28.3. The highest BCUT2D eigenvalue weighted by Crippen LogP contribution is 2.63. The molecule has 2 heterocycles. The van der Waals surface area contributed by atoms with E-state index in [2.05, 4.69) is 140 Å². The van der Waals surface area contributed by atoms with E-state index in [9.17, 15) is 0 Å². The number of aryl methyl sites for hydroxylation is 1. The van der Waals surface area contributed by atoms with Crippen molar-refractivity contribution in [1.29, 1.82) is 0 Å². The summed E-state index contributed by atoms with van der Waals surface area (Å²) in [5, 5.41) is 0. The average Bonchev–Trinajstić information content (AvgIpc) is 3.61. The van der Waals surface area contributed by atoms with Gasteiger partial charge in [-0.1, -0.05) is 121 Å². The van der Waals surface area contributed by atoms with Crippen LogP contribution in [0.3, 0.4) is 0 Å². The Labute approximate surface area is 293 Å². The lowest BCUT2D eigenvalue weighted by Gasteiger charge is -2.31. The molecular formula is C47H37N3. The van der Waals surface area contributed by atoms with Gasteiger partial charge in [-0.15, -0.1) is 0 Å². The number of fused-ring (bicyclic) bond motifs is 10. The summed E-state index contributed by atoms with van der Waals surface area (Å²) in [5.41, 5.74) is 25.1. The van der Waals surface area contributed by atoms with Crippen LogP contribution < -0.4 is 5.73 Å². The third kappa shape index (κ3) is 4.77. The van der Waals surface area contributed by atoms with E-state index in [0.717, 1.165) is 34.6 Å². The molecule has 3 nitrogen and oxygen atoms in total. The maximum Gasteiger partial charge on any atom is 0.0892 e. The molecule has 0 saturated heterocycles. The van der Waals surface area contributed by atoms with Crippen LogP contribution in [0.2, 0.25) is 0 Å². The van der Waals surface area contributed by atoms with Crippen molar-refractivity contribution < 1.29 is 0 Å². The lowest BCUT2D eigenvalue weighted by molar-refractivity contribution is 0.793. The summed E-state index contributed by atoms with van der Waals surface area (Å²) in [4.78, 5) is 9.47. The second kappa shape index (κ2) is 11.9. The molecule has 6 aromatic rings. The number of benzene rings is 4. The van der Waals surface area contributed by atoms with Crippen molar-refractivity contribution in [3.63, 3.8) is 0 Å². The summed E-state index contributed by atoms with van der Waals surface area (Å²) in [5.74, 6) is 0. The normalized spacial score (nSPS) is 18.3. The van der Waals surface area contributed by atoms with Crippen molar-refractivity contribution in [1.82, 2.24) is 9.97 Å². The summed E-state index contributed by atoms with van der Waals surface area (Å²) >= 11 is 0. The van der Waals surface area contributed by atoms with Crippen molar-refractivity contribution in [3.05, 3.63) is 197 Å². The fraction of sp³-hybridized carbons (Fsp3) is 0.106. The van der Waals surface area contributed by atoms with E-state index in [4.69, 9.17) is 15.7 Å². The van der Waals surface area contributed by atoms with Gasteiger partial charge in [0.1, 0.15) is 0 Å². The minimum atomic E-state index is -0.465. The molecule has 4 aromatic carbocycles. The molecule has 3 aliphatic carbocycles. The van der Waals surface area contributed by atoms with Gasteiger partial charge >= 0.3 is 0 Å². The maximum absolute atomic E-state index is 6.48.